The highest BCUT2D eigenvalue weighted by molar-refractivity contribution is 5.94. The van der Waals surface area contributed by atoms with Crippen LogP contribution >= 0.6 is 0 Å². The van der Waals surface area contributed by atoms with E-state index in [2.05, 4.69) is 22.2 Å². The van der Waals surface area contributed by atoms with Gasteiger partial charge in [0.05, 0.1) is 17.6 Å². The monoisotopic (exact) mass is 355 g/mol. The molecular formula is C16H20F3N5O. The second-order valence-corrected chi connectivity index (χ2v) is 6.84. The lowest BCUT2D eigenvalue weighted by Gasteiger charge is -2.22. The largest absolute Gasteiger partial charge is 0.449 e. The van der Waals surface area contributed by atoms with Gasteiger partial charge in [0.15, 0.2) is 0 Å². The van der Waals surface area contributed by atoms with Crippen molar-refractivity contribution in [2.24, 2.45) is 11.1 Å². The highest BCUT2D eigenvalue weighted by Gasteiger charge is 2.35. The number of anilines is 1. The number of carbonyl (C=O) groups excluding carboxylic acids is 1. The van der Waals surface area contributed by atoms with Gasteiger partial charge in [-0.1, -0.05) is 6.92 Å². The van der Waals surface area contributed by atoms with Gasteiger partial charge in [0.2, 0.25) is 11.7 Å². The average molecular weight is 355 g/mol. The fourth-order valence-corrected chi connectivity index (χ4v) is 3.05. The lowest BCUT2D eigenvalue weighted by molar-refractivity contribution is -0.144. The maximum absolute atomic E-state index is 12.7. The van der Waals surface area contributed by atoms with Crippen molar-refractivity contribution < 1.29 is 18.0 Å². The van der Waals surface area contributed by atoms with E-state index in [1.165, 1.54) is 18.2 Å². The molecule has 0 radical (unpaired) electrons. The third kappa shape index (κ3) is 3.93. The molecule has 1 aromatic heterocycles. The Kier molecular flexibility index (Phi) is 4.46. The maximum Gasteiger partial charge on any atom is 0.449 e. The van der Waals surface area contributed by atoms with Crippen LogP contribution in [0.25, 0.3) is 11.0 Å². The number of H-pyrrole nitrogens is 1. The molecule has 1 atom stereocenters. The molecule has 136 valence electrons. The Bertz CT molecular complexity index is 788. The first-order chi connectivity index (χ1) is 11.7. The molecule has 0 spiro atoms. The topological polar surface area (TPSA) is 87.0 Å². The van der Waals surface area contributed by atoms with Gasteiger partial charge in [0, 0.05) is 12.2 Å². The normalized spacial score (nSPS) is 21.8. The highest BCUT2D eigenvalue weighted by Crippen LogP contribution is 2.30. The van der Waals surface area contributed by atoms with Gasteiger partial charge >= 0.3 is 6.18 Å². The Hall–Kier alpha value is -2.13. The zero-order valence-corrected chi connectivity index (χ0v) is 13.8. The van der Waals surface area contributed by atoms with Crippen molar-refractivity contribution in [2.45, 2.75) is 19.5 Å². The molecular weight excluding hydrogens is 335 g/mol. The quantitative estimate of drug-likeness (QED) is 0.785. The van der Waals surface area contributed by atoms with E-state index in [1.807, 2.05) is 4.90 Å². The van der Waals surface area contributed by atoms with Crippen LogP contribution in [0, 0.1) is 5.41 Å². The molecule has 1 amide bonds. The minimum absolute atomic E-state index is 0.0309. The van der Waals surface area contributed by atoms with Gasteiger partial charge in [-0.15, -0.1) is 0 Å². The van der Waals surface area contributed by atoms with Crippen LogP contribution in [0.4, 0.5) is 18.9 Å². The van der Waals surface area contributed by atoms with E-state index in [0.29, 0.717) is 12.2 Å². The number of hydrogen-bond donors (Lipinski definition) is 3. The number of imidazole rings is 1. The molecule has 1 aliphatic heterocycles. The number of benzene rings is 1. The molecule has 1 saturated heterocycles. The summed E-state index contributed by atoms with van der Waals surface area (Å²) < 4.78 is 38.0. The Morgan fingerprint density at radius 3 is 2.88 bits per heavy atom. The standard InChI is InChI=1S/C16H20F3N5O/c1-15(8-20)4-5-24(9-15)7-13(25)21-10-2-3-11-12(6-10)23-14(22-11)16(17,18)19/h2-3,6H,4-5,7-9,20H2,1H3,(H,21,25)(H,22,23). The van der Waals surface area contributed by atoms with Crippen LogP contribution in [-0.2, 0) is 11.0 Å². The summed E-state index contributed by atoms with van der Waals surface area (Å²) in [7, 11) is 0. The van der Waals surface area contributed by atoms with Gasteiger partial charge in [0.1, 0.15) is 0 Å². The number of halogens is 3. The average Bonchev–Trinajstić information content (AvgIpc) is 3.11. The minimum atomic E-state index is -4.53. The van der Waals surface area contributed by atoms with Gasteiger partial charge in [-0.2, -0.15) is 13.2 Å². The third-order valence-corrected chi connectivity index (χ3v) is 4.53. The lowest BCUT2D eigenvalue weighted by atomic mass is 9.90. The van der Waals surface area contributed by atoms with Crippen molar-refractivity contribution >= 4 is 22.6 Å². The molecule has 0 aliphatic carbocycles. The number of nitrogens with one attached hydrogen (secondary N) is 2. The Morgan fingerprint density at radius 1 is 1.48 bits per heavy atom. The third-order valence-electron chi connectivity index (χ3n) is 4.53. The van der Waals surface area contributed by atoms with Crippen LogP contribution in [0.5, 0.6) is 0 Å². The van der Waals surface area contributed by atoms with Gasteiger partial charge < -0.3 is 16.0 Å². The summed E-state index contributed by atoms with van der Waals surface area (Å²) in [5.41, 5.74) is 6.63. The number of aromatic nitrogens is 2. The summed E-state index contributed by atoms with van der Waals surface area (Å²) in [6.45, 7) is 4.45. The molecule has 2 aromatic rings. The Labute approximate surface area is 142 Å². The summed E-state index contributed by atoms with van der Waals surface area (Å²) >= 11 is 0. The smallest absolute Gasteiger partial charge is 0.334 e. The number of amides is 1. The number of rotatable bonds is 4. The minimum Gasteiger partial charge on any atom is -0.334 e. The fraction of sp³-hybridized carbons (Fsp3) is 0.500. The van der Waals surface area contributed by atoms with E-state index in [1.54, 1.807) is 0 Å². The first kappa shape index (κ1) is 17.7. The summed E-state index contributed by atoms with van der Waals surface area (Å²) in [5.74, 6) is -1.26. The van der Waals surface area contributed by atoms with E-state index in [9.17, 15) is 18.0 Å². The number of alkyl halides is 3. The molecule has 25 heavy (non-hydrogen) atoms. The zero-order valence-electron chi connectivity index (χ0n) is 13.8. The van der Waals surface area contributed by atoms with E-state index >= 15 is 0 Å². The van der Waals surface area contributed by atoms with Gasteiger partial charge in [-0.3, -0.25) is 9.69 Å². The van der Waals surface area contributed by atoms with Crippen LogP contribution < -0.4 is 11.1 Å². The number of nitrogens with zero attached hydrogens (tertiary/aromatic N) is 2. The van der Waals surface area contributed by atoms with Crippen LogP contribution in [0.2, 0.25) is 0 Å². The molecule has 1 fully saturated rings. The Balaban J connectivity index is 1.65. The summed E-state index contributed by atoms with van der Waals surface area (Å²) in [6.07, 6.45) is -3.59. The molecule has 0 bridgehead atoms. The van der Waals surface area contributed by atoms with Gasteiger partial charge in [-0.05, 0) is 43.1 Å². The first-order valence-electron chi connectivity index (χ1n) is 7.98. The number of carbonyl (C=O) groups is 1. The van der Waals surface area contributed by atoms with Crippen molar-refractivity contribution in [3.8, 4) is 0 Å². The highest BCUT2D eigenvalue weighted by atomic mass is 19.4. The van der Waals surface area contributed by atoms with E-state index in [4.69, 9.17) is 5.73 Å². The van der Waals surface area contributed by atoms with Gasteiger partial charge in [0.25, 0.3) is 0 Å². The molecule has 0 saturated carbocycles. The number of hydrogen-bond acceptors (Lipinski definition) is 4. The van der Waals surface area contributed by atoms with Crippen molar-refractivity contribution in [2.75, 3.05) is 31.5 Å². The number of nitrogens with two attached hydrogens (primary N) is 1. The number of aromatic amines is 1. The van der Waals surface area contributed by atoms with Crippen LogP contribution in [0.1, 0.15) is 19.2 Å². The zero-order chi connectivity index (χ0) is 18.2. The molecule has 9 heteroatoms. The second-order valence-electron chi connectivity index (χ2n) is 6.84. The van der Waals surface area contributed by atoms with E-state index < -0.39 is 12.0 Å². The van der Waals surface area contributed by atoms with Crippen molar-refractivity contribution in [3.05, 3.63) is 24.0 Å². The fourth-order valence-electron chi connectivity index (χ4n) is 3.05. The number of likely N-dealkylation sites (tertiary alicyclic amines) is 1. The predicted molar refractivity (Wildman–Crippen MR) is 87.9 cm³/mol. The molecule has 1 unspecified atom stereocenters. The first-order valence-corrected chi connectivity index (χ1v) is 7.98. The predicted octanol–water partition coefficient (Wildman–Crippen LogP) is 2.19. The molecule has 1 aliphatic rings. The van der Waals surface area contributed by atoms with Crippen LogP contribution in [0.15, 0.2) is 18.2 Å². The number of fused-ring (bicyclic) bond motifs is 1. The molecule has 4 N–H and O–H groups in total. The van der Waals surface area contributed by atoms with Crippen molar-refractivity contribution in [1.29, 1.82) is 0 Å². The second kappa shape index (κ2) is 6.30. The van der Waals surface area contributed by atoms with Crippen molar-refractivity contribution in [1.82, 2.24) is 14.9 Å². The maximum atomic E-state index is 12.7. The van der Waals surface area contributed by atoms with Crippen molar-refractivity contribution in [3.63, 3.8) is 0 Å². The molecule has 2 heterocycles. The van der Waals surface area contributed by atoms with Crippen LogP contribution in [0.3, 0.4) is 0 Å². The summed E-state index contributed by atoms with van der Waals surface area (Å²) in [6, 6.07) is 4.43. The lowest BCUT2D eigenvalue weighted by Crippen LogP contribution is -2.35. The Morgan fingerprint density at radius 2 is 2.24 bits per heavy atom. The summed E-state index contributed by atoms with van der Waals surface area (Å²) in [5, 5.41) is 2.71. The SMILES string of the molecule is CC1(CN)CCN(CC(=O)Nc2ccc3nc(C(F)(F)F)[nH]c3c2)C1. The molecule has 6 nitrogen and oxygen atoms in total. The van der Waals surface area contributed by atoms with E-state index in [0.717, 1.165) is 19.5 Å². The van der Waals surface area contributed by atoms with E-state index in [-0.39, 0.29) is 28.9 Å². The molecule has 1 aromatic carbocycles. The van der Waals surface area contributed by atoms with Crippen LogP contribution in [-0.4, -0.2) is 47.0 Å². The molecule has 3 rings (SSSR count). The van der Waals surface area contributed by atoms with Gasteiger partial charge in [-0.25, -0.2) is 4.98 Å². The summed E-state index contributed by atoms with van der Waals surface area (Å²) in [4.78, 5) is 19.9.